The van der Waals surface area contributed by atoms with Crippen molar-refractivity contribution in [2.45, 2.75) is 31.9 Å². The number of para-hydroxylation sites is 1. The predicted molar refractivity (Wildman–Crippen MR) is 113 cm³/mol. The van der Waals surface area contributed by atoms with Crippen molar-refractivity contribution in [2.24, 2.45) is 0 Å². The first-order valence-corrected chi connectivity index (χ1v) is 10.2. The number of nitrogens with zero attached hydrogens (tertiary/aromatic N) is 2. The van der Waals surface area contributed by atoms with Crippen LogP contribution in [0.4, 0.5) is 0 Å². The molecule has 8 nitrogen and oxygen atoms in total. The SMILES string of the molecule is O=C(NCCc1c[nH]c2ccccc12)c1cn(CC2CCCO2)cc2c(=O)[nH]nc1-2. The van der Waals surface area contributed by atoms with E-state index in [0.29, 0.717) is 36.3 Å². The van der Waals surface area contributed by atoms with Crippen LogP contribution in [0.15, 0.2) is 47.7 Å². The molecule has 30 heavy (non-hydrogen) atoms. The van der Waals surface area contributed by atoms with E-state index in [2.05, 4.69) is 26.6 Å². The van der Waals surface area contributed by atoms with Gasteiger partial charge in [0.2, 0.25) is 0 Å². The Morgan fingerprint density at radius 1 is 1.30 bits per heavy atom. The smallest absolute Gasteiger partial charge is 0.275 e. The van der Waals surface area contributed by atoms with Gasteiger partial charge in [-0.2, -0.15) is 5.10 Å². The zero-order valence-corrected chi connectivity index (χ0v) is 16.5. The molecule has 3 aliphatic heterocycles. The highest BCUT2D eigenvalue weighted by molar-refractivity contribution is 5.99. The molecule has 1 fully saturated rings. The molecule has 0 spiro atoms. The summed E-state index contributed by atoms with van der Waals surface area (Å²) in [5.41, 5.74) is 3.14. The fraction of sp³-hybridized carbons (Fsp3) is 0.318. The van der Waals surface area contributed by atoms with Crippen LogP contribution in [0.2, 0.25) is 0 Å². The van der Waals surface area contributed by atoms with Crippen molar-refractivity contribution >= 4 is 16.8 Å². The molecule has 0 bridgehead atoms. The van der Waals surface area contributed by atoms with Gasteiger partial charge >= 0.3 is 0 Å². The van der Waals surface area contributed by atoms with Gasteiger partial charge < -0.3 is 19.6 Å². The maximum absolute atomic E-state index is 12.9. The normalized spacial score (nSPS) is 16.5. The Balaban J connectivity index is 1.33. The highest BCUT2D eigenvalue weighted by Crippen LogP contribution is 2.22. The average molecular weight is 405 g/mol. The topological polar surface area (TPSA) is 105 Å². The van der Waals surface area contributed by atoms with Crippen molar-refractivity contribution in [1.29, 1.82) is 0 Å². The summed E-state index contributed by atoms with van der Waals surface area (Å²) in [5.74, 6) is -0.243. The lowest BCUT2D eigenvalue weighted by Crippen LogP contribution is -2.28. The quantitative estimate of drug-likeness (QED) is 0.458. The minimum atomic E-state index is -0.292. The highest BCUT2D eigenvalue weighted by Gasteiger charge is 2.23. The number of ether oxygens (including phenoxy) is 1. The second-order valence-corrected chi connectivity index (χ2v) is 7.68. The van der Waals surface area contributed by atoms with Crippen molar-refractivity contribution < 1.29 is 9.53 Å². The second-order valence-electron chi connectivity index (χ2n) is 7.68. The molecule has 1 atom stereocenters. The number of hydrogen-bond donors (Lipinski definition) is 3. The van der Waals surface area contributed by atoms with Gasteiger partial charge in [-0.05, 0) is 30.9 Å². The fourth-order valence-electron chi connectivity index (χ4n) is 4.13. The van der Waals surface area contributed by atoms with Crippen molar-refractivity contribution in [3.63, 3.8) is 0 Å². The number of hydrogen-bond acceptors (Lipinski definition) is 4. The second kappa shape index (κ2) is 7.79. The van der Waals surface area contributed by atoms with Crippen LogP contribution >= 0.6 is 0 Å². The van der Waals surface area contributed by atoms with Crippen molar-refractivity contribution in [2.75, 3.05) is 13.2 Å². The number of amides is 1. The molecule has 5 rings (SSSR count). The van der Waals surface area contributed by atoms with Gasteiger partial charge in [0.15, 0.2) is 0 Å². The minimum absolute atomic E-state index is 0.104. The molecular formula is C22H23N5O3. The van der Waals surface area contributed by atoms with Gasteiger partial charge in [-0.1, -0.05) is 18.2 Å². The van der Waals surface area contributed by atoms with Crippen LogP contribution in [0.25, 0.3) is 22.2 Å². The number of carbonyl (C=O) groups excluding carboxylic acids is 1. The average Bonchev–Trinajstić information content (AvgIpc) is 3.49. The monoisotopic (exact) mass is 405 g/mol. The third-order valence-electron chi connectivity index (χ3n) is 5.65. The summed E-state index contributed by atoms with van der Waals surface area (Å²) >= 11 is 0. The van der Waals surface area contributed by atoms with E-state index in [0.717, 1.165) is 35.9 Å². The Morgan fingerprint density at radius 3 is 3.07 bits per heavy atom. The van der Waals surface area contributed by atoms with Gasteiger partial charge in [-0.15, -0.1) is 0 Å². The summed E-state index contributed by atoms with van der Waals surface area (Å²) in [5, 5.41) is 10.6. The first-order chi connectivity index (χ1) is 14.7. The number of carbonyl (C=O) groups is 1. The molecule has 1 saturated heterocycles. The summed E-state index contributed by atoms with van der Waals surface area (Å²) in [4.78, 5) is 28.3. The Bertz CT molecular complexity index is 1210. The van der Waals surface area contributed by atoms with Crippen LogP contribution < -0.4 is 10.9 Å². The largest absolute Gasteiger partial charge is 0.376 e. The molecule has 2 aromatic rings. The standard InChI is InChI=1S/C22H23N5O3/c28-21(23-8-7-14-10-24-19-6-2-1-5-16(14)19)17-12-27(11-15-4-3-9-30-15)13-18-20(17)25-26-22(18)29/h1-2,5-6,10,12-13,15,24H,3-4,7-9,11H2,(H,23,28)(H,26,29). The first-order valence-electron chi connectivity index (χ1n) is 10.2. The molecule has 4 heterocycles. The number of rotatable bonds is 6. The Kier molecular flexibility index (Phi) is 4.84. The molecule has 1 amide bonds. The molecule has 0 saturated carbocycles. The van der Waals surface area contributed by atoms with Gasteiger partial charge in [0, 0.05) is 49.2 Å². The maximum Gasteiger partial charge on any atom is 0.275 e. The number of pyridine rings is 1. The summed E-state index contributed by atoms with van der Waals surface area (Å²) in [7, 11) is 0. The third kappa shape index (κ3) is 3.50. The lowest BCUT2D eigenvalue weighted by molar-refractivity contribution is 0.0937. The van der Waals surface area contributed by atoms with Gasteiger partial charge in [0.05, 0.1) is 17.2 Å². The van der Waals surface area contributed by atoms with Crippen LogP contribution in [0, 0.1) is 0 Å². The van der Waals surface area contributed by atoms with Crippen molar-refractivity contribution in [1.82, 2.24) is 25.1 Å². The molecule has 0 radical (unpaired) electrons. The van der Waals surface area contributed by atoms with Gasteiger partial charge in [-0.3, -0.25) is 9.59 Å². The van der Waals surface area contributed by atoms with E-state index in [1.165, 1.54) is 0 Å². The molecule has 3 aliphatic rings. The van der Waals surface area contributed by atoms with E-state index in [1.54, 1.807) is 12.4 Å². The van der Waals surface area contributed by atoms with E-state index in [-0.39, 0.29) is 17.6 Å². The lowest BCUT2D eigenvalue weighted by Gasteiger charge is -2.16. The summed E-state index contributed by atoms with van der Waals surface area (Å²) < 4.78 is 7.56. The van der Waals surface area contributed by atoms with Gasteiger partial charge in [0.1, 0.15) is 5.69 Å². The zero-order valence-electron chi connectivity index (χ0n) is 16.5. The Hall–Kier alpha value is -3.39. The zero-order chi connectivity index (χ0) is 20.5. The predicted octanol–water partition coefficient (Wildman–Crippen LogP) is 2.31. The summed E-state index contributed by atoms with van der Waals surface area (Å²) in [6, 6.07) is 8.09. The van der Waals surface area contributed by atoms with Crippen LogP contribution in [-0.4, -0.2) is 44.9 Å². The van der Waals surface area contributed by atoms with Crippen molar-refractivity contribution in [3.8, 4) is 11.3 Å². The van der Waals surface area contributed by atoms with Crippen molar-refractivity contribution in [3.05, 3.63) is 64.3 Å². The molecule has 1 unspecified atom stereocenters. The highest BCUT2D eigenvalue weighted by atomic mass is 16.5. The van der Waals surface area contributed by atoms with Gasteiger partial charge in [0.25, 0.3) is 11.5 Å². The van der Waals surface area contributed by atoms with Gasteiger partial charge in [-0.25, -0.2) is 5.10 Å². The first kappa shape index (κ1) is 18.6. The number of H-pyrrole nitrogens is 2. The number of aromatic amines is 2. The third-order valence-corrected chi connectivity index (χ3v) is 5.65. The molecule has 1 aromatic carbocycles. The molecule has 154 valence electrons. The van der Waals surface area contributed by atoms with Crippen LogP contribution in [-0.2, 0) is 17.7 Å². The molecule has 8 heteroatoms. The number of benzene rings is 1. The number of aromatic nitrogens is 4. The van der Waals surface area contributed by atoms with Crippen LogP contribution in [0.1, 0.15) is 28.8 Å². The van der Waals surface area contributed by atoms with Crippen LogP contribution in [0.3, 0.4) is 0 Å². The summed E-state index contributed by atoms with van der Waals surface area (Å²) in [6.45, 7) is 1.85. The molecule has 1 aromatic heterocycles. The molecule has 3 N–H and O–H groups in total. The maximum atomic E-state index is 12.9. The number of fused-ring (bicyclic) bond motifs is 2. The summed E-state index contributed by atoms with van der Waals surface area (Å²) in [6.07, 6.45) is 8.29. The fourth-order valence-corrected chi connectivity index (χ4v) is 4.13. The van der Waals surface area contributed by atoms with E-state index in [1.807, 2.05) is 29.0 Å². The number of nitrogens with one attached hydrogen (secondary N) is 3. The lowest BCUT2D eigenvalue weighted by atomic mass is 10.1. The van der Waals surface area contributed by atoms with E-state index >= 15 is 0 Å². The minimum Gasteiger partial charge on any atom is -0.376 e. The van der Waals surface area contributed by atoms with Crippen LogP contribution in [0.5, 0.6) is 0 Å². The van der Waals surface area contributed by atoms with E-state index in [9.17, 15) is 9.59 Å². The molecular weight excluding hydrogens is 382 g/mol. The van der Waals surface area contributed by atoms with E-state index < -0.39 is 0 Å². The Labute approximate surface area is 172 Å². The molecule has 0 aliphatic carbocycles. The Morgan fingerprint density at radius 2 is 2.20 bits per heavy atom. The van der Waals surface area contributed by atoms with E-state index in [4.69, 9.17) is 4.74 Å².